The second kappa shape index (κ2) is 7.14. The van der Waals surface area contributed by atoms with Crippen LogP contribution in [0.15, 0.2) is 42.6 Å². The molecular weight excluding hydrogens is 316 g/mol. The Hall–Kier alpha value is -2.19. The molecule has 0 aliphatic carbocycles. The quantitative estimate of drug-likeness (QED) is 0.516. The lowest BCUT2D eigenvalue weighted by molar-refractivity contribution is 0.962. The van der Waals surface area contributed by atoms with Gasteiger partial charge in [-0.1, -0.05) is 55.8 Å². The maximum atomic E-state index is 6.02. The van der Waals surface area contributed by atoms with Gasteiger partial charge in [-0.3, -0.25) is 0 Å². The van der Waals surface area contributed by atoms with E-state index in [-0.39, 0.29) is 5.28 Å². The van der Waals surface area contributed by atoms with Crippen molar-refractivity contribution >= 4 is 28.6 Å². The van der Waals surface area contributed by atoms with Gasteiger partial charge in [-0.2, -0.15) is 0 Å². The van der Waals surface area contributed by atoms with Gasteiger partial charge in [-0.25, -0.2) is 9.97 Å². The lowest BCUT2D eigenvalue weighted by Gasteiger charge is -2.13. The Morgan fingerprint density at radius 1 is 1.12 bits per heavy atom. The standard InChI is InChI=1S/C21H21ClN2/c1-4-5-6-8-16-11-14(2)19(15(3)12-16)18-10-7-9-17-13-23-21(22)24-20(17)18/h6-13H,4-5H2,1-3H3/b8-6+. The van der Waals surface area contributed by atoms with E-state index in [4.69, 9.17) is 11.6 Å². The SMILES string of the molecule is CCC/C=C/c1cc(C)c(-c2cccc3cnc(Cl)nc23)c(C)c1. The van der Waals surface area contributed by atoms with Crippen LogP contribution in [0, 0.1) is 13.8 Å². The topological polar surface area (TPSA) is 25.8 Å². The highest BCUT2D eigenvalue weighted by molar-refractivity contribution is 6.28. The van der Waals surface area contributed by atoms with Crippen molar-refractivity contribution in [3.05, 3.63) is 64.6 Å². The third kappa shape index (κ3) is 3.34. The first-order valence-electron chi connectivity index (χ1n) is 8.29. The number of fused-ring (bicyclic) bond motifs is 1. The van der Waals surface area contributed by atoms with Gasteiger partial charge in [0.15, 0.2) is 0 Å². The molecule has 0 aliphatic rings. The number of hydrogen-bond donors (Lipinski definition) is 0. The van der Waals surface area contributed by atoms with Gasteiger partial charge in [0.1, 0.15) is 0 Å². The summed E-state index contributed by atoms with van der Waals surface area (Å²) in [6.45, 7) is 6.50. The number of halogens is 1. The van der Waals surface area contributed by atoms with E-state index in [1.165, 1.54) is 28.7 Å². The molecule has 0 amide bonds. The van der Waals surface area contributed by atoms with E-state index >= 15 is 0 Å². The molecule has 3 rings (SSSR count). The molecule has 0 N–H and O–H groups in total. The fourth-order valence-corrected chi connectivity index (χ4v) is 3.27. The van der Waals surface area contributed by atoms with Crippen molar-refractivity contribution in [1.29, 1.82) is 0 Å². The Labute approximate surface area is 148 Å². The summed E-state index contributed by atoms with van der Waals surface area (Å²) in [4.78, 5) is 8.55. The number of allylic oxidation sites excluding steroid dienone is 1. The normalized spacial score (nSPS) is 11.5. The molecule has 2 nitrogen and oxygen atoms in total. The zero-order valence-electron chi connectivity index (χ0n) is 14.3. The summed E-state index contributed by atoms with van der Waals surface area (Å²) in [6, 6.07) is 10.6. The Morgan fingerprint density at radius 3 is 2.58 bits per heavy atom. The van der Waals surface area contributed by atoms with Gasteiger partial charge in [0, 0.05) is 17.1 Å². The molecule has 0 fully saturated rings. The van der Waals surface area contributed by atoms with Crippen LogP contribution in [0.4, 0.5) is 0 Å². The van der Waals surface area contributed by atoms with E-state index in [2.05, 4.69) is 61.1 Å². The summed E-state index contributed by atoms with van der Waals surface area (Å²) in [5.74, 6) is 0. The number of aromatic nitrogens is 2. The number of benzene rings is 2. The van der Waals surface area contributed by atoms with Crippen LogP contribution in [-0.2, 0) is 0 Å². The van der Waals surface area contributed by atoms with Crippen molar-refractivity contribution in [2.75, 3.05) is 0 Å². The van der Waals surface area contributed by atoms with Gasteiger partial charge in [0.2, 0.25) is 5.28 Å². The minimum absolute atomic E-state index is 0.282. The summed E-state index contributed by atoms with van der Waals surface area (Å²) in [5, 5.41) is 1.28. The molecule has 2 aromatic carbocycles. The van der Waals surface area contributed by atoms with Crippen LogP contribution in [0.25, 0.3) is 28.1 Å². The maximum Gasteiger partial charge on any atom is 0.222 e. The van der Waals surface area contributed by atoms with E-state index in [1.54, 1.807) is 6.20 Å². The second-order valence-electron chi connectivity index (χ2n) is 6.10. The van der Waals surface area contributed by atoms with Gasteiger partial charge in [-0.05, 0) is 54.1 Å². The first-order chi connectivity index (χ1) is 11.6. The Balaban J connectivity index is 2.15. The minimum Gasteiger partial charge on any atom is -0.226 e. The number of rotatable bonds is 4. The molecule has 0 saturated heterocycles. The molecule has 0 atom stereocenters. The van der Waals surface area contributed by atoms with Crippen molar-refractivity contribution < 1.29 is 0 Å². The first kappa shape index (κ1) is 16.7. The van der Waals surface area contributed by atoms with Crippen molar-refractivity contribution in [2.24, 2.45) is 0 Å². The number of nitrogens with zero attached hydrogens (tertiary/aromatic N) is 2. The summed E-state index contributed by atoms with van der Waals surface area (Å²) in [6.07, 6.45) is 8.50. The molecule has 0 saturated carbocycles. The smallest absolute Gasteiger partial charge is 0.222 e. The van der Waals surface area contributed by atoms with E-state index in [9.17, 15) is 0 Å². The molecule has 0 aliphatic heterocycles. The average molecular weight is 337 g/mol. The van der Waals surface area contributed by atoms with Gasteiger partial charge in [0.25, 0.3) is 0 Å². The maximum absolute atomic E-state index is 6.02. The molecule has 1 aromatic heterocycles. The van der Waals surface area contributed by atoms with Gasteiger partial charge in [0.05, 0.1) is 5.52 Å². The van der Waals surface area contributed by atoms with Gasteiger partial charge in [-0.15, -0.1) is 0 Å². The molecule has 3 aromatic rings. The number of aryl methyl sites for hydroxylation is 2. The van der Waals surface area contributed by atoms with Crippen LogP contribution in [0.2, 0.25) is 5.28 Å². The highest BCUT2D eigenvalue weighted by atomic mass is 35.5. The zero-order valence-corrected chi connectivity index (χ0v) is 15.1. The van der Waals surface area contributed by atoms with E-state index in [0.29, 0.717) is 0 Å². The molecule has 24 heavy (non-hydrogen) atoms. The lowest BCUT2D eigenvalue weighted by Crippen LogP contribution is -1.93. The fourth-order valence-electron chi connectivity index (χ4n) is 3.14. The summed E-state index contributed by atoms with van der Waals surface area (Å²) in [7, 11) is 0. The third-order valence-electron chi connectivity index (χ3n) is 4.17. The highest BCUT2D eigenvalue weighted by Crippen LogP contribution is 2.33. The van der Waals surface area contributed by atoms with E-state index in [1.807, 2.05) is 12.1 Å². The highest BCUT2D eigenvalue weighted by Gasteiger charge is 2.12. The molecule has 0 bridgehead atoms. The molecule has 1 heterocycles. The van der Waals surface area contributed by atoms with Crippen LogP contribution in [0.3, 0.4) is 0 Å². The summed E-state index contributed by atoms with van der Waals surface area (Å²) in [5.41, 5.74) is 6.97. The van der Waals surface area contributed by atoms with Crippen LogP contribution in [0.1, 0.15) is 36.5 Å². The third-order valence-corrected chi connectivity index (χ3v) is 4.35. The predicted molar refractivity (Wildman–Crippen MR) is 103 cm³/mol. The van der Waals surface area contributed by atoms with Crippen molar-refractivity contribution in [3.8, 4) is 11.1 Å². The van der Waals surface area contributed by atoms with Crippen molar-refractivity contribution in [1.82, 2.24) is 9.97 Å². The Kier molecular flexibility index (Phi) is 4.96. The molecule has 122 valence electrons. The van der Waals surface area contributed by atoms with Gasteiger partial charge < -0.3 is 0 Å². The Bertz CT molecular complexity index is 890. The first-order valence-corrected chi connectivity index (χ1v) is 8.67. The molecule has 0 radical (unpaired) electrons. The summed E-state index contributed by atoms with van der Waals surface area (Å²) >= 11 is 6.02. The number of unbranched alkanes of at least 4 members (excludes halogenated alkanes) is 1. The predicted octanol–water partition coefficient (Wildman–Crippen LogP) is 6.38. The van der Waals surface area contributed by atoms with E-state index < -0.39 is 0 Å². The second-order valence-corrected chi connectivity index (χ2v) is 6.44. The van der Waals surface area contributed by atoms with E-state index in [0.717, 1.165) is 22.9 Å². The summed E-state index contributed by atoms with van der Waals surface area (Å²) < 4.78 is 0. The monoisotopic (exact) mass is 336 g/mol. The fraction of sp³-hybridized carbons (Fsp3) is 0.238. The average Bonchev–Trinajstić information content (AvgIpc) is 2.55. The van der Waals surface area contributed by atoms with Crippen molar-refractivity contribution in [3.63, 3.8) is 0 Å². The molecular formula is C21H21ClN2. The molecule has 0 unspecified atom stereocenters. The van der Waals surface area contributed by atoms with Crippen LogP contribution >= 0.6 is 11.6 Å². The number of hydrogen-bond acceptors (Lipinski definition) is 2. The number of para-hydroxylation sites is 1. The van der Waals surface area contributed by atoms with Crippen LogP contribution in [-0.4, -0.2) is 9.97 Å². The largest absolute Gasteiger partial charge is 0.226 e. The van der Waals surface area contributed by atoms with Crippen LogP contribution < -0.4 is 0 Å². The van der Waals surface area contributed by atoms with Crippen molar-refractivity contribution in [2.45, 2.75) is 33.6 Å². The zero-order chi connectivity index (χ0) is 17.1. The minimum atomic E-state index is 0.282. The molecule has 3 heteroatoms. The lowest BCUT2D eigenvalue weighted by atomic mass is 9.92. The molecule has 0 spiro atoms. The van der Waals surface area contributed by atoms with Crippen LogP contribution in [0.5, 0.6) is 0 Å². The van der Waals surface area contributed by atoms with Gasteiger partial charge >= 0.3 is 0 Å². The Morgan fingerprint density at radius 2 is 1.88 bits per heavy atom.